The summed E-state index contributed by atoms with van der Waals surface area (Å²) in [6.45, 7) is 3.07. The average molecular weight is 690 g/mol. The zero-order chi connectivity index (χ0) is 34.2. The molecule has 1 saturated heterocycles. The first-order valence-electron chi connectivity index (χ1n) is 13.5. The Hall–Kier alpha value is -4.27. The number of ketones is 1. The fourth-order valence-corrected chi connectivity index (χ4v) is 5.63. The molecule has 46 heavy (non-hydrogen) atoms. The van der Waals surface area contributed by atoms with Crippen molar-refractivity contribution in [2.45, 2.75) is 57.7 Å². The highest BCUT2D eigenvalue weighted by Crippen LogP contribution is 2.40. The molecule has 1 amide bonds. The number of alkyl halides is 2. The van der Waals surface area contributed by atoms with Gasteiger partial charge in [-0.05, 0) is 32.0 Å². The van der Waals surface area contributed by atoms with Crippen molar-refractivity contribution >= 4 is 61.1 Å². The van der Waals surface area contributed by atoms with Gasteiger partial charge in [-0.25, -0.2) is 9.78 Å². The normalized spacial score (nSPS) is 17.5. The summed E-state index contributed by atoms with van der Waals surface area (Å²) < 4.78 is 71.9. The molecule has 0 saturated carbocycles. The van der Waals surface area contributed by atoms with Crippen molar-refractivity contribution in [1.29, 1.82) is 0 Å². The summed E-state index contributed by atoms with van der Waals surface area (Å²) in [5, 5.41) is 15.9. The second-order valence-electron chi connectivity index (χ2n) is 10.9. The molecule has 1 fully saturated rings. The Morgan fingerprint density at radius 1 is 1.33 bits per heavy atom. The summed E-state index contributed by atoms with van der Waals surface area (Å²) in [7, 11) is -3.39. The molecule has 2 aromatic heterocycles. The number of hydroxylamine groups is 2. The maximum Gasteiger partial charge on any atom is 0.418 e. The van der Waals surface area contributed by atoms with Gasteiger partial charge in [-0.15, -0.1) is 20.3 Å². The number of amides is 1. The molecule has 0 unspecified atom stereocenters. The fourth-order valence-electron chi connectivity index (χ4n) is 4.63. The number of nitrogens with zero attached hydrogens (tertiary/aromatic N) is 5. The lowest BCUT2D eigenvalue weighted by molar-refractivity contribution is -0.783. The number of thiazole rings is 1. The molecular weight excluding hydrogens is 658 g/mol. The van der Waals surface area contributed by atoms with Crippen LogP contribution >= 0.6 is 11.3 Å². The number of rotatable bonds is 15. The molecule has 4 rings (SSSR count). The van der Waals surface area contributed by atoms with Gasteiger partial charge in [-0.3, -0.25) is 14.1 Å². The number of carboxylic acids is 1. The van der Waals surface area contributed by atoms with Gasteiger partial charge in [0.05, 0.1) is 23.9 Å². The molecule has 16 nitrogen and oxygen atoms in total. The van der Waals surface area contributed by atoms with Crippen molar-refractivity contribution in [2.75, 3.05) is 12.3 Å². The van der Waals surface area contributed by atoms with Crippen LogP contribution in [0.4, 0.5) is 13.9 Å². The number of nitrogen functional groups attached to an aromatic ring is 1. The first-order chi connectivity index (χ1) is 21.3. The Morgan fingerprint density at radius 3 is 2.59 bits per heavy atom. The van der Waals surface area contributed by atoms with Crippen LogP contribution in [0.1, 0.15) is 39.3 Å². The van der Waals surface area contributed by atoms with Crippen molar-refractivity contribution < 1.29 is 59.8 Å². The number of hydrogen-bond acceptors (Lipinski definition) is 12. The van der Waals surface area contributed by atoms with Crippen LogP contribution in [0.15, 0.2) is 34.9 Å². The average Bonchev–Trinajstić information content (AvgIpc) is 3.52. The van der Waals surface area contributed by atoms with E-state index in [1.807, 2.05) is 0 Å². The molecule has 1 aliphatic heterocycles. The Morgan fingerprint density at radius 2 is 2.02 bits per heavy atom. The first kappa shape index (κ1) is 34.6. The van der Waals surface area contributed by atoms with Crippen LogP contribution in [-0.2, 0) is 47.5 Å². The molecule has 0 radical (unpaired) electrons. The molecule has 250 valence electrons. The van der Waals surface area contributed by atoms with E-state index in [0.29, 0.717) is 16.0 Å². The number of halogens is 2. The van der Waals surface area contributed by atoms with Gasteiger partial charge in [-0.2, -0.15) is 26.9 Å². The van der Waals surface area contributed by atoms with E-state index in [9.17, 15) is 36.7 Å². The van der Waals surface area contributed by atoms with E-state index < -0.39 is 76.8 Å². The molecule has 3 heterocycles. The number of Topliss-reactive ketones (excluding diaryl/α,β-unsaturated/α-hetero) is 1. The summed E-state index contributed by atoms with van der Waals surface area (Å²) in [5.74, 6) is -7.04. The quantitative estimate of drug-likeness (QED) is 0.0684. The molecular formula is C26H31F2N6O10S2+. The van der Waals surface area contributed by atoms with E-state index in [0.717, 1.165) is 11.3 Å². The van der Waals surface area contributed by atoms with Gasteiger partial charge in [0.15, 0.2) is 16.6 Å². The molecule has 1 aliphatic rings. The number of fused-ring (bicyclic) bond motifs is 1. The van der Waals surface area contributed by atoms with Crippen LogP contribution in [0, 0.1) is 5.92 Å². The SMILES string of the molecule is CCC(F)(F)C[n+]1cc2cc(OC[C@H](O/N=C(\C(=O)C[C@@H]3C(=O)N(OS(=O)(=O)O)C3(C)C)c3csc(N)n3)C(=O)O)ccc2n1C. The minimum atomic E-state index is -5.01. The summed E-state index contributed by atoms with van der Waals surface area (Å²) in [4.78, 5) is 47.0. The van der Waals surface area contributed by atoms with Crippen LogP contribution in [-0.4, -0.2) is 80.3 Å². The zero-order valence-corrected chi connectivity index (χ0v) is 26.5. The van der Waals surface area contributed by atoms with E-state index in [-0.39, 0.29) is 23.0 Å². The number of aryl methyl sites for hydroxylation is 1. The number of benzene rings is 1. The highest BCUT2D eigenvalue weighted by Gasteiger charge is 2.57. The van der Waals surface area contributed by atoms with E-state index in [2.05, 4.69) is 14.4 Å². The zero-order valence-electron chi connectivity index (χ0n) is 24.9. The minimum Gasteiger partial charge on any atom is -0.489 e. The number of carboxylic acid groups (broad SMARTS) is 1. The van der Waals surface area contributed by atoms with Crippen molar-refractivity contribution in [3.05, 3.63) is 35.5 Å². The van der Waals surface area contributed by atoms with Crippen molar-refractivity contribution in [3.63, 3.8) is 0 Å². The summed E-state index contributed by atoms with van der Waals surface area (Å²) in [6, 6.07) is 4.68. The standard InChI is InChI=1S/C26H30F2N6O10S2/c1-5-26(27,28)13-33-10-14-8-15(6-7-18(14)32(33)4)42-11-20(23(37)38)43-31-21(17-12-45-24(29)30-17)19(35)9-16-22(36)34(25(16,2)3)44-46(39,40)41/h6-8,10,12,16,20H,5,9,11,13H2,1-4H3,(H3-,29,30,37,38,39,40,41)/p+1/b31-21-/t16-,20+/m1/s1. The third kappa shape index (κ3) is 7.57. The number of hydrogen-bond donors (Lipinski definition) is 3. The molecule has 0 bridgehead atoms. The lowest BCUT2D eigenvalue weighted by atomic mass is 9.74. The number of aromatic nitrogens is 3. The molecule has 1 aromatic carbocycles. The number of oxime groups is 1. The van der Waals surface area contributed by atoms with Crippen LogP contribution in [0.25, 0.3) is 10.9 Å². The van der Waals surface area contributed by atoms with Crippen molar-refractivity contribution in [3.8, 4) is 5.75 Å². The number of β-lactam (4-membered cyclic amide) rings is 1. The number of aliphatic carboxylic acids is 1. The molecule has 4 N–H and O–H groups in total. The third-order valence-corrected chi connectivity index (χ3v) is 8.35. The second-order valence-corrected chi connectivity index (χ2v) is 12.8. The molecule has 0 spiro atoms. The van der Waals surface area contributed by atoms with Crippen molar-refractivity contribution in [1.82, 2.24) is 14.7 Å². The number of ether oxygens (including phenoxy) is 1. The maximum absolute atomic E-state index is 14.0. The predicted octanol–water partition coefficient (Wildman–Crippen LogP) is 1.73. The highest BCUT2D eigenvalue weighted by molar-refractivity contribution is 7.80. The fraction of sp³-hybridized carbons (Fsp3) is 0.462. The predicted molar refractivity (Wildman–Crippen MR) is 156 cm³/mol. The van der Waals surface area contributed by atoms with Crippen LogP contribution < -0.4 is 15.2 Å². The first-order valence-corrected chi connectivity index (χ1v) is 15.8. The van der Waals surface area contributed by atoms with Gasteiger partial charge in [0.2, 0.25) is 12.7 Å². The number of carbonyl (C=O) groups is 3. The molecule has 3 aromatic rings. The Balaban J connectivity index is 1.50. The van der Waals surface area contributed by atoms with E-state index in [4.69, 9.17) is 19.9 Å². The molecule has 0 aliphatic carbocycles. The summed E-state index contributed by atoms with van der Waals surface area (Å²) in [6.07, 6.45) is -1.09. The monoisotopic (exact) mass is 689 g/mol. The van der Waals surface area contributed by atoms with Gasteiger partial charge in [0.1, 0.15) is 23.6 Å². The van der Waals surface area contributed by atoms with Crippen LogP contribution in [0.5, 0.6) is 5.75 Å². The molecule has 2 atom stereocenters. The Labute approximate surface area is 264 Å². The lowest BCUT2D eigenvalue weighted by Gasteiger charge is -2.50. The highest BCUT2D eigenvalue weighted by atomic mass is 32.3. The topological polar surface area (TPSA) is 217 Å². The number of anilines is 1. The summed E-state index contributed by atoms with van der Waals surface area (Å²) in [5.41, 5.74) is 4.44. The van der Waals surface area contributed by atoms with E-state index >= 15 is 0 Å². The molecule has 20 heteroatoms. The number of nitrogens with two attached hydrogens (primary N) is 1. The Bertz CT molecular complexity index is 1810. The van der Waals surface area contributed by atoms with Crippen molar-refractivity contribution in [2.24, 2.45) is 18.1 Å². The Kier molecular flexibility index (Phi) is 9.67. The summed E-state index contributed by atoms with van der Waals surface area (Å²) >= 11 is 0.954. The number of carbonyl (C=O) groups excluding carboxylic acids is 2. The van der Waals surface area contributed by atoms with Gasteiger partial charge in [0.25, 0.3) is 12.0 Å². The second kappa shape index (κ2) is 12.9. The van der Waals surface area contributed by atoms with Crippen LogP contribution in [0.2, 0.25) is 0 Å². The van der Waals surface area contributed by atoms with Gasteiger partial charge in [0, 0.05) is 18.2 Å². The third-order valence-electron chi connectivity index (χ3n) is 7.34. The van der Waals surface area contributed by atoms with Gasteiger partial charge in [-0.1, -0.05) is 12.1 Å². The largest absolute Gasteiger partial charge is 0.489 e. The smallest absolute Gasteiger partial charge is 0.418 e. The van der Waals surface area contributed by atoms with Gasteiger partial charge >= 0.3 is 22.3 Å². The van der Waals surface area contributed by atoms with Gasteiger partial charge < -0.3 is 20.4 Å². The van der Waals surface area contributed by atoms with E-state index in [1.54, 1.807) is 17.8 Å². The van der Waals surface area contributed by atoms with E-state index in [1.165, 1.54) is 49.2 Å². The van der Waals surface area contributed by atoms with Crippen LogP contribution in [0.3, 0.4) is 0 Å². The maximum atomic E-state index is 14.0. The lowest BCUT2D eigenvalue weighted by Crippen LogP contribution is -2.68. The minimum absolute atomic E-state index is 0.0532.